The summed E-state index contributed by atoms with van der Waals surface area (Å²) in [6, 6.07) is 6.81. The van der Waals surface area contributed by atoms with Crippen LogP contribution in [0.15, 0.2) is 53.4 Å². The maximum Gasteiger partial charge on any atom is 0.257 e. The second-order valence-corrected chi connectivity index (χ2v) is 4.74. The van der Waals surface area contributed by atoms with E-state index in [1.54, 1.807) is 18.5 Å². The van der Waals surface area contributed by atoms with Crippen LogP contribution in [0.3, 0.4) is 0 Å². The van der Waals surface area contributed by atoms with E-state index in [1.165, 1.54) is 12.3 Å². The van der Waals surface area contributed by atoms with Crippen LogP contribution in [-0.4, -0.2) is 16.0 Å². The second-order valence-electron chi connectivity index (χ2n) is 4.74. The highest BCUT2D eigenvalue weighted by Gasteiger charge is 2.18. The Morgan fingerprint density at radius 3 is 2.78 bits per heavy atom. The van der Waals surface area contributed by atoms with Gasteiger partial charge in [-0.2, -0.15) is 0 Å². The number of carbonyl (C=O) groups excluding carboxylic acids is 1. The van der Waals surface area contributed by atoms with Gasteiger partial charge in [0.25, 0.3) is 5.91 Å². The van der Waals surface area contributed by atoms with E-state index in [0.717, 1.165) is 17.7 Å². The van der Waals surface area contributed by atoms with Crippen LogP contribution in [-0.2, 0) is 6.54 Å². The maximum absolute atomic E-state index is 13.3. The van der Waals surface area contributed by atoms with Crippen LogP contribution in [0, 0.1) is 11.6 Å². The van der Waals surface area contributed by atoms with E-state index >= 15 is 0 Å². The summed E-state index contributed by atoms with van der Waals surface area (Å²) in [5.74, 6) is -2.36. The van der Waals surface area contributed by atoms with Gasteiger partial charge in [0, 0.05) is 24.5 Å². The smallest absolute Gasteiger partial charge is 0.257 e. The topological polar surface area (TPSA) is 68.0 Å². The average molecular weight is 315 g/mol. The molecular weight excluding hydrogens is 304 g/mol. The summed E-state index contributed by atoms with van der Waals surface area (Å²) < 4.78 is 31.3. The minimum atomic E-state index is -1.03. The minimum absolute atomic E-state index is 0.0765. The highest BCUT2D eigenvalue weighted by molar-refractivity contribution is 5.99. The molecule has 0 atom stereocenters. The lowest BCUT2D eigenvalue weighted by atomic mass is 10.1. The largest absolute Gasteiger partial charge is 0.355 e. The third kappa shape index (κ3) is 3.23. The number of nitrogens with one attached hydrogen (secondary N) is 1. The number of nitrogens with zero attached hydrogens (tertiary/aromatic N) is 2. The molecule has 2 aromatic heterocycles. The number of benzene rings is 1. The number of pyridine rings is 1. The summed E-state index contributed by atoms with van der Waals surface area (Å²) in [6.07, 6.45) is 4.49. The van der Waals surface area contributed by atoms with Gasteiger partial charge in [0.15, 0.2) is 17.4 Å². The molecule has 0 aliphatic heterocycles. The third-order valence-electron chi connectivity index (χ3n) is 3.17. The molecule has 3 aromatic rings. The molecule has 0 aliphatic carbocycles. The van der Waals surface area contributed by atoms with E-state index < -0.39 is 17.5 Å². The van der Waals surface area contributed by atoms with Crippen LogP contribution in [0.1, 0.15) is 15.9 Å². The molecule has 0 unspecified atom stereocenters. The summed E-state index contributed by atoms with van der Waals surface area (Å²) >= 11 is 0. The number of halogens is 2. The van der Waals surface area contributed by atoms with Gasteiger partial charge in [-0.3, -0.25) is 9.78 Å². The molecule has 0 bridgehead atoms. The first-order valence-electron chi connectivity index (χ1n) is 6.72. The van der Waals surface area contributed by atoms with Gasteiger partial charge in [-0.25, -0.2) is 8.78 Å². The SMILES string of the molecule is O=C(NCc1cccnc1)c1cnoc1-c1ccc(F)c(F)c1. The lowest BCUT2D eigenvalue weighted by molar-refractivity contribution is 0.0951. The number of hydrogen-bond donors (Lipinski definition) is 1. The zero-order valence-electron chi connectivity index (χ0n) is 11.8. The Hall–Kier alpha value is -3.09. The van der Waals surface area contributed by atoms with Gasteiger partial charge >= 0.3 is 0 Å². The molecule has 3 rings (SSSR count). The van der Waals surface area contributed by atoms with Crippen molar-refractivity contribution in [2.24, 2.45) is 0 Å². The van der Waals surface area contributed by atoms with Gasteiger partial charge in [-0.1, -0.05) is 11.2 Å². The molecule has 7 heteroatoms. The van der Waals surface area contributed by atoms with E-state index in [2.05, 4.69) is 15.5 Å². The molecule has 1 aromatic carbocycles. The summed E-state index contributed by atoms with van der Waals surface area (Å²) in [5.41, 5.74) is 1.19. The number of amides is 1. The zero-order chi connectivity index (χ0) is 16.2. The van der Waals surface area contributed by atoms with Crippen LogP contribution >= 0.6 is 0 Å². The lowest BCUT2D eigenvalue weighted by Gasteiger charge is -2.05. The van der Waals surface area contributed by atoms with Crippen LogP contribution in [0.4, 0.5) is 8.78 Å². The van der Waals surface area contributed by atoms with Crippen molar-refractivity contribution in [1.82, 2.24) is 15.5 Å². The maximum atomic E-state index is 13.3. The standard InChI is InChI=1S/C16H11F2N3O2/c17-13-4-3-11(6-14(13)18)15-12(9-21-23-15)16(22)20-8-10-2-1-5-19-7-10/h1-7,9H,8H2,(H,20,22). The average Bonchev–Trinajstić information content (AvgIpc) is 3.06. The van der Waals surface area contributed by atoms with Gasteiger partial charge in [-0.15, -0.1) is 0 Å². The Morgan fingerprint density at radius 2 is 2.04 bits per heavy atom. The molecule has 0 aliphatic rings. The van der Waals surface area contributed by atoms with Gasteiger partial charge in [0.2, 0.25) is 0 Å². The van der Waals surface area contributed by atoms with Crippen LogP contribution in [0.5, 0.6) is 0 Å². The van der Waals surface area contributed by atoms with Crippen molar-refractivity contribution in [1.29, 1.82) is 0 Å². The first kappa shape index (κ1) is 14.8. The van der Waals surface area contributed by atoms with Crippen molar-refractivity contribution in [2.45, 2.75) is 6.54 Å². The Balaban J connectivity index is 1.80. The van der Waals surface area contributed by atoms with Crippen molar-refractivity contribution in [3.8, 4) is 11.3 Å². The number of carbonyl (C=O) groups is 1. The predicted octanol–water partition coefficient (Wildman–Crippen LogP) is 2.94. The minimum Gasteiger partial charge on any atom is -0.355 e. The third-order valence-corrected chi connectivity index (χ3v) is 3.17. The molecular formula is C16H11F2N3O2. The highest BCUT2D eigenvalue weighted by Crippen LogP contribution is 2.25. The van der Waals surface area contributed by atoms with Crippen molar-refractivity contribution in [3.63, 3.8) is 0 Å². The van der Waals surface area contributed by atoms with E-state index in [9.17, 15) is 13.6 Å². The Labute approximate surface area is 130 Å². The second kappa shape index (κ2) is 6.35. The summed E-state index contributed by atoms with van der Waals surface area (Å²) in [6.45, 7) is 0.273. The summed E-state index contributed by atoms with van der Waals surface area (Å²) in [7, 11) is 0. The fourth-order valence-corrected chi connectivity index (χ4v) is 2.03. The highest BCUT2D eigenvalue weighted by atomic mass is 19.2. The van der Waals surface area contributed by atoms with Crippen molar-refractivity contribution >= 4 is 5.91 Å². The quantitative estimate of drug-likeness (QED) is 0.804. The molecule has 2 heterocycles. The van der Waals surface area contributed by atoms with Crippen molar-refractivity contribution in [3.05, 3.63) is 71.7 Å². The van der Waals surface area contributed by atoms with E-state index in [4.69, 9.17) is 4.52 Å². The van der Waals surface area contributed by atoms with Crippen LogP contribution in [0.25, 0.3) is 11.3 Å². The van der Waals surface area contributed by atoms with Gasteiger partial charge in [0.1, 0.15) is 5.56 Å². The molecule has 5 nitrogen and oxygen atoms in total. The molecule has 23 heavy (non-hydrogen) atoms. The Morgan fingerprint density at radius 1 is 1.17 bits per heavy atom. The number of aromatic nitrogens is 2. The monoisotopic (exact) mass is 315 g/mol. The Bertz CT molecular complexity index is 834. The molecule has 0 fully saturated rings. The fourth-order valence-electron chi connectivity index (χ4n) is 2.03. The van der Waals surface area contributed by atoms with Gasteiger partial charge in [-0.05, 0) is 29.8 Å². The predicted molar refractivity (Wildman–Crippen MR) is 77.3 cm³/mol. The molecule has 0 saturated heterocycles. The number of rotatable bonds is 4. The van der Waals surface area contributed by atoms with Gasteiger partial charge < -0.3 is 9.84 Å². The van der Waals surface area contributed by atoms with Crippen molar-refractivity contribution in [2.75, 3.05) is 0 Å². The molecule has 1 amide bonds. The Kier molecular flexibility index (Phi) is 4.09. The van der Waals surface area contributed by atoms with E-state index in [0.29, 0.717) is 0 Å². The molecule has 1 N–H and O–H groups in total. The van der Waals surface area contributed by atoms with Crippen molar-refractivity contribution < 1.29 is 18.1 Å². The first-order valence-corrected chi connectivity index (χ1v) is 6.72. The van der Waals surface area contributed by atoms with E-state index in [1.807, 2.05) is 6.07 Å². The van der Waals surface area contributed by atoms with Gasteiger partial charge in [0.05, 0.1) is 6.20 Å². The van der Waals surface area contributed by atoms with E-state index in [-0.39, 0.29) is 23.4 Å². The zero-order valence-corrected chi connectivity index (χ0v) is 11.8. The normalized spacial score (nSPS) is 10.5. The summed E-state index contributed by atoms with van der Waals surface area (Å²) in [5, 5.41) is 6.25. The molecule has 116 valence electrons. The fraction of sp³-hybridized carbons (Fsp3) is 0.0625. The lowest BCUT2D eigenvalue weighted by Crippen LogP contribution is -2.22. The molecule has 0 spiro atoms. The number of hydrogen-bond acceptors (Lipinski definition) is 4. The first-order chi connectivity index (χ1) is 11.1. The molecule has 0 radical (unpaired) electrons. The summed E-state index contributed by atoms with van der Waals surface area (Å²) in [4.78, 5) is 16.2. The van der Waals surface area contributed by atoms with Crippen LogP contribution < -0.4 is 5.32 Å². The molecule has 0 saturated carbocycles. The van der Waals surface area contributed by atoms with Crippen LogP contribution in [0.2, 0.25) is 0 Å².